The van der Waals surface area contributed by atoms with Crippen LogP contribution in [-0.2, 0) is 0 Å². The Kier molecular flexibility index (Phi) is 2.63. The van der Waals surface area contributed by atoms with E-state index in [1.165, 1.54) is 13.0 Å². The van der Waals surface area contributed by atoms with Crippen LogP contribution in [0.4, 0.5) is 5.69 Å². The van der Waals surface area contributed by atoms with Crippen LogP contribution in [0.5, 0.6) is 0 Å². The summed E-state index contributed by atoms with van der Waals surface area (Å²) in [5.74, 6) is 0. The van der Waals surface area contributed by atoms with Crippen molar-refractivity contribution in [1.82, 2.24) is 0 Å². The lowest BCUT2D eigenvalue weighted by molar-refractivity contribution is -0.386. The van der Waals surface area contributed by atoms with Gasteiger partial charge in [0.05, 0.1) is 16.6 Å². The number of aliphatic hydroxyl groups excluding tert-OH is 1. The van der Waals surface area contributed by atoms with Crippen LogP contribution in [0, 0.1) is 17.0 Å². The largest absolute Gasteiger partial charge is 0.388 e. The third kappa shape index (κ3) is 1.84. The molecule has 4 nitrogen and oxygen atoms in total. The van der Waals surface area contributed by atoms with Gasteiger partial charge in [-0.25, -0.2) is 0 Å². The molecule has 0 spiro atoms. The molecule has 1 aromatic carbocycles. The summed E-state index contributed by atoms with van der Waals surface area (Å²) in [6.45, 7) is 3.27. The van der Waals surface area contributed by atoms with Gasteiger partial charge in [-0.15, -0.1) is 0 Å². The minimum absolute atomic E-state index is 0.0185. The average molecular weight is 181 g/mol. The number of aryl methyl sites for hydroxylation is 1. The minimum atomic E-state index is -0.804. The number of nitro benzene ring substituents is 1. The van der Waals surface area contributed by atoms with Gasteiger partial charge in [-0.05, 0) is 19.4 Å². The predicted octanol–water partition coefficient (Wildman–Crippen LogP) is 1.96. The Labute approximate surface area is 76.0 Å². The molecule has 0 saturated heterocycles. The second-order valence-electron chi connectivity index (χ2n) is 2.94. The molecule has 0 radical (unpaired) electrons. The highest BCUT2D eigenvalue weighted by molar-refractivity contribution is 5.46. The van der Waals surface area contributed by atoms with Gasteiger partial charge in [0.2, 0.25) is 0 Å². The van der Waals surface area contributed by atoms with Crippen LogP contribution in [-0.4, -0.2) is 10.0 Å². The second-order valence-corrected chi connectivity index (χ2v) is 2.94. The highest BCUT2D eigenvalue weighted by Gasteiger charge is 2.18. The lowest BCUT2D eigenvalue weighted by Gasteiger charge is -2.08. The lowest BCUT2D eigenvalue weighted by Crippen LogP contribution is -2.01. The van der Waals surface area contributed by atoms with E-state index < -0.39 is 11.0 Å². The molecule has 0 aromatic heterocycles. The molecule has 0 aliphatic heterocycles. The molecule has 1 rings (SSSR count). The number of hydrogen-bond acceptors (Lipinski definition) is 3. The lowest BCUT2D eigenvalue weighted by atomic mass is 10.0. The van der Waals surface area contributed by atoms with Crippen molar-refractivity contribution in [3.63, 3.8) is 0 Å². The molecule has 0 saturated carbocycles. The Morgan fingerprint density at radius 1 is 1.54 bits per heavy atom. The van der Waals surface area contributed by atoms with E-state index in [9.17, 15) is 15.2 Å². The van der Waals surface area contributed by atoms with Crippen LogP contribution < -0.4 is 0 Å². The molecule has 0 amide bonds. The summed E-state index contributed by atoms with van der Waals surface area (Å²) in [5, 5.41) is 19.9. The van der Waals surface area contributed by atoms with Crippen molar-refractivity contribution in [3.8, 4) is 0 Å². The van der Waals surface area contributed by atoms with E-state index in [4.69, 9.17) is 0 Å². The molecule has 13 heavy (non-hydrogen) atoms. The number of hydrogen-bond donors (Lipinski definition) is 1. The number of aliphatic hydroxyl groups is 1. The van der Waals surface area contributed by atoms with Gasteiger partial charge >= 0.3 is 0 Å². The summed E-state index contributed by atoms with van der Waals surface area (Å²) in [7, 11) is 0. The van der Waals surface area contributed by atoms with Gasteiger partial charge in [0.15, 0.2) is 0 Å². The number of rotatable bonds is 2. The fourth-order valence-electron chi connectivity index (χ4n) is 1.37. The predicted molar refractivity (Wildman–Crippen MR) is 48.5 cm³/mol. The van der Waals surface area contributed by atoms with Crippen molar-refractivity contribution < 1.29 is 10.0 Å². The molecule has 70 valence electrons. The smallest absolute Gasteiger partial charge is 0.275 e. The van der Waals surface area contributed by atoms with E-state index >= 15 is 0 Å². The third-order valence-corrected chi connectivity index (χ3v) is 1.92. The molecule has 4 heteroatoms. The van der Waals surface area contributed by atoms with Gasteiger partial charge in [-0.3, -0.25) is 10.1 Å². The van der Waals surface area contributed by atoms with Crippen LogP contribution in [0.3, 0.4) is 0 Å². The van der Waals surface area contributed by atoms with Gasteiger partial charge < -0.3 is 5.11 Å². The van der Waals surface area contributed by atoms with Gasteiger partial charge in [-0.1, -0.05) is 12.1 Å². The topological polar surface area (TPSA) is 63.4 Å². The number of nitrogens with zero attached hydrogens (tertiary/aromatic N) is 1. The molecular weight excluding hydrogens is 170 g/mol. The molecule has 1 aromatic rings. The Bertz CT molecular complexity index is 334. The molecule has 0 fully saturated rings. The average Bonchev–Trinajstić information content (AvgIpc) is 2.02. The van der Waals surface area contributed by atoms with Crippen molar-refractivity contribution >= 4 is 5.69 Å². The van der Waals surface area contributed by atoms with Gasteiger partial charge in [0.25, 0.3) is 5.69 Å². The maximum absolute atomic E-state index is 10.6. The van der Waals surface area contributed by atoms with E-state index in [1.54, 1.807) is 19.1 Å². The first kappa shape index (κ1) is 9.67. The summed E-state index contributed by atoms with van der Waals surface area (Å²) in [6, 6.07) is 4.75. The first-order valence-electron chi connectivity index (χ1n) is 3.96. The van der Waals surface area contributed by atoms with E-state index in [1.807, 2.05) is 0 Å². The zero-order valence-corrected chi connectivity index (χ0v) is 7.52. The Morgan fingerprint density at radius 3 is 2.54 bits per heavy atom. The minimum Gasteiger partial charge on any atom is -0.388 e. The van der Waals surface area contributed by atoms with Gasteiger partial charge in [-0.2, -0.15) is 0 Å². The van der Waals surface area contributed by atoms with Crippen molar-refractivity contribution in [1.29, 1.82) is 0 Å². The Morgan fingerprint density at radius 2 is 2.15 bits per heavy atom. The maximum Gasteiger partial charge on any atom is 0.275 e. The first-order chi connectivity index (χ1) is 6.04. The van der Waals surface area contributed by atoms with E-state index in [-0.39, 0.29) is 5.69 Å². The SMILES string of the molecule is Cc1cccc([N+](=O)[O-])c1[C@@H](C)O. The molecule has 1 atom stereocenters. The van der Waals surface area contributed by atoms with Crippen LogP contribution in [0.25, 0.3) is 0 Å². The summed E-state index contributed by atoms with van der Waals surface area (Å²) in [6.07, 6.45) is -0.804. The number of benzene rings is 1. The monoisotopic (exact) mass is 181 g/mol. The van der Waals surface area contributed by atoms with Crippen molar-refractivity contribution in [2.45, 2.75) is 20.0 Å². The summed E-state index contributed by atoms with van der Waals surface area (Å²) >= 11 is 0. The molecule has 0 unspecified atom stereocenters. The molecule has 0 heterocycles. The summed E-state index contributed by atoms with van der Waals surface area (Å²) in [5.41, 5.74) is 1.12. The van der Waals surface area contributed by atoms with E-state index in [2.05, 4.69) is 0 Å². The Balaban J connectivity index is 3.34. The maximum atomic E-state index is 10.6. The van der Waals surface area contributed by atoms with Crippen molar-refractivity contribution in [2.75, 3.05) is 0 Å². The molecular formula is C9H11NO3. The van der Waals surface area contributed by atoms with Crippen molar-refractivity contribution in [3.05, 3.63) is 39.4 Å². The van der Waals surface area contributed by atoms with Crippen LogP contribution in [0.1, 0.15) is 24.2 Å². The molecule has 1 N–H and O–H groups in total. The molecule has 0 aliphatic carbocycles. The number of nitro groups is 1. The van der Waals surface area contributed by atoms with Crippen LogP contribution in [0.15, 0.2) is 18.2 Å². The summed E-state index contributed by atoms with van der Waals surface area (Å²) in [4.78, 5) is 10.1. The van der Waals surface area contributed by atoms with Gasteiger partial charge in [0.1, 0.15) is 0 Å². The molecule has 0 bridgehead atoms. The second kappa shape index (κ2) is 3.53. The zero-order chi connectivity index (χ0) is 10.0. The Hall–Kier alpha value is -1.42. The zero-order valence-electron chi connectivity index (χ0n) is 7.52. The highest BCUT2D eigenvalue weighted by Crippen LogP contribution is 2.27. The normalized spacial score (nSPS) is 12.5. The van der Waals surface area contributed by atoms with Crippen LogP contribution >= 0.6 is 0 Å². The fourth-order valence-corrected chi connectivity index (χ4v) is 1.37. The standard InChI is InChI=1S/C9H11NO3/c1-6-4-3-5-8(10(12)13)9(6)7(2)11/h3-5,7,11H,1-2H3/t7-/m1/s1. The highest BCUT2D eigenvalue weighted by atomic mass is 16.6. The molecule has 0 aliphatic rings. The first-order valence-corrected chi connectivity index (χ1v) is 3.96. The summed E-state index contributed by atoms with van der Waals surface area (Å²) < 4.78 is 0. The van der Waals surface area contributed by atoms with Gasteiger partial charge in [0, 0.05) is 6.07 Å². The van der Waals surface area contributed by atoms with E-state index in [0.717, 1.165) is 5.56 Å². The van der Waals surface area contributed by atoms with Crippen molar-refractivity contribution in [2.24, 2.45) is 0 Å². The quantitative estimate of drug-likeness (QED) is 0.560. The van der Waals surface area contributed by atoms with Crippen LogP contribution in [0.2, 0.25) is 0 Å². The third-order valence-electron chi connectivity index (χ3n) is 1.92. The van der Waals surface area contributed by atoms with E-state index in [0.29, 0.717) is 5.56 Å². The fraction of sp³-hybridized carbons (Fsp3) is 0.333.